The van der Waals surface area contributed by atoms with Crippen LogP contribution in [0.25, 0.3) is 0 Å². The van der Waals surface area contributed by atoms with Gasteiger partial charge >= 0.3 is 0 Å². The van der Waals surface area contributed by atoms with Crippen LogP contribution in [-0.2, 0) is 12.3 Å². The predicted molar refractivity (Wildman–Crippen MR) is 133 cm³/mol. The Labute approximate surface area is 179 Å². The summed E-state index contributed by atoms with van der Waals surface area (Å²) in [5.74, 6) is 0. The summed E-state index contributed by atoms with van der Waals surface area (Å²) in [5, 5.41) is 0.380. The molecule has 2 aromatic carbocycles. The van der Waals surface area contributed by atoms with Crippen LogP contribution in [0.3, 0.4) is 0 Å². The highest BCUT2D eigenvalue weighted by Crippen LogP contribution is 2.96. The molecule has 2 heterocycles. The summed E-state index contributed by atoms with van der Waals surface area (Å²) < 4.78 is 0. The second kappa shape index (κ2) is 6.39. The molecule has 0 aromatic heterocycles. The molecule has 4 heteroatoms. The number of hydrogen-bond acceptors (Lipinski definition) is 0. The van der Waals surface area contributed by atoms with Gasteiger partial charge < -0.3 is 0 Å². The fraction of sp³-hybridized carbons (Fsp3) is 0.429. The molecule has 4 atom stereocenters. The number of benzene rings is 2. The molecule has 0 saturated carbocycles. The molecule has 0 nitrogen and oxygen atoms in total. The van der Waals surface area contributed by atoms with Crippen LogP contribution in [0.1, 0.15) is 54.3 Å². The number of hydrogen-bond donors (Lipinski definition) is 0. The van der Waals surface area contributed by atoms with E-state index in [-0.39, 0.29) is 0 Å². The van der Waals surface area contributed by atoms with Crippen LogP contribution in [0.15, 0.2) is 48.5 Å². The van der Waals surface area contributed by atoms with Crippen molar-refractivity contribution in [2.45, 2.75) is 49.6 Å². The first kappa shape index (κ1) is 19.1. The minimum atomic E-state index is -1.19. The Hall–Kier alpha value is 0.760. The van der Waals surface area contributed by atoms with Gasteiger partial charge in [0.1, 0.15) is 11.3 Å². The Balaban J connectivity index is 1.95. The molecule has 0 amide bonds. The summed E-state index contributed by atoms with van der Waals surface area (Å²) in [6.45, 7) is 10.1. The molecule has 0 fully saturated rings. The van der Waals surface area contributed by atoms with Gasteiger partial charge in [-0.1, -0.05) is 48.5 Å². The molecule has 2 aliphatic heterocycles. The topological polar surface area (TPSA) is 0 Å². The highest BCUT2D eigenvalue weighted by atomic mass is 127. The van der Waals surface area contributed by atoms with Gasteiger partial charge in [-0.15, -0.1) is 0 Å². The zero-order chi connectivity index (χ0) is 18.0. The quantitative estimate of drug-likeness (QED) is 0.229. The van der Waals surface area contributed by atoms with Crippen LogP contribution in [0.2, 0.25) is 0 Å². The van der Waals surface area contributed by atoms with Crippen molar-refractivity contribution in [3.05, 3.63) is 70.8 Å². The van der Waals surface area contributed by atoms with Crippen LogP contribution < -0.4 is 0 Å². The molecule has 2 aromatic rings. The molecular weight excluding hydrogens is 568 g/mol. The molecule has 0 bridgehead atoms. The molecule has 0 radical (unpaired) electrons. The van der Waals surface area contributed by atoms with Crippen LogP contribution in [0, 0.1) is 0 Å². The van der Waals surface area contributed by atoms with Crippen molar-refractivity contribution < 1.29 is 0 Å². The smallest absolute Gasteiger partial charge is 0.0618 e. The van der Waals surface area contributed by atoms with E-state index in [1.807, 2.05) is 0 Å². The van der Waals surface area contributed by atoms with E-state index in [2.05, 4.69) is 120 Å². The maximum absolute atomic E-state index is 2.96. The van der Waals surface area contributed by atoms with Crippen molar-refractivity contribution in [2.75, 3.05) is 6.66 Å². The van der Waals surface area contributed by atoms with Gasteiger partial charge in [0.15, 0.2) is 44.1 Å². The lowest BCUT2D eigenvalue weighted by Gasteiger charge is -2.37. The van der Waals surface area contributed by atoms with Crippen molar-refractivity contribution in [1.29, 1.82) is 0 Å². The zero-order valence-corrected chi connectivity index (χ0v) is 21.4. The van der Waals surface area contributed by atoms with E-state index in [0.29, 0.717) is 5.16 Å². The first-order chi connectivity index (χ1) is 11.7. The molecule has 2 aliphatic rings. The fourth-order valence-corrected chi connectivity index (χ4v) is 20.1. The standard InChI is InChI=1S/C21H26I2P2/c1-21(2,3)25(23)14-16-10-6-8-12-18(16)20(25)19-17-11-7-5-9-15(17)13-24(19,4)22/h5-12,19-20H,13-14H2,1-4H3/q+2/t19?,20-,24?,25?/m1/s1. The second-order valence-electron chi connectivity index (χ2n) is 8.69. The molecular formula is C21H26I2P2+2. The van der Waals surface area contributed by atoms with Gasteiger partial charge in [-0.05, 0) is 31.9 Å². The molecule has 25 heavy (non-hydrogen) atoms. The molecule has 0 N–H and O–H groups in total. The van der Waals surface area contributed by atoms with Crippen LogP contribution >= 0.6 is 53.9 Å². The lowest BCUT2D eigenvalue weighted by atomic mass is 9.98. The molecule has 0 spiro atoms. The zero-order valence-electron chi connectivity index (χ0n) is 15.3. The Kier molecular flexibility index (Phi) is 4.88. The number of halogens is 2. The van der Waals surface area contributed by atoms with Gasteiger partial charge in [-0.25, -0.2) is 0 Å². The fourth-order valence-electron chi connectivity index (χ4n) is 4.73. The lowest BCUT2D eigenvalue weighted by molar-refractivity contribution is 0.755. The summed E-state index contributed by atoms with van der Waals surface area (Å²) in [6.07, 6.45) is 2.63. The molecule has 3 unspecified atom stereocenters. The van der Waals surface area contributed by atoms with Crippen molar-refractivity contribution in [3.8, 4) is 0 Å². The van der Waals surface area contributed by atoms with E-state index < -0.39 is 9.81 Å². The van der Waals surface area contributed by atoms with E-state index in [9.17, 15) is 0 Å². The minimum absolute atomic E-state index is 0.380. The Morgan fingerprint density at radius 3 is 1.84 bits per heavy atom. The van der Waals surface area contributed by atoms with Crippen molar-refractivity contribution >= 4 is 53.9 Å². The first-order valence-corrected chi connectivity index (χ1v) is 19.0. The van der Waals surface area contributed by atoms with Crippen LogP contribution in [0.5, 0.6) is 0 Å². The van der Waals surface area contributed by atoms with Gasteiger partial charge in [-0.3, -0.25) is 0 Å². The normalized spacial score (nSPS) is 34.0. The summed E-state index contributed by atoms with van der Waals surface area (Å²) >= 11 is 5.84. The van der Waals surface area contributed by atoms with Gasteiger partial charge in [0.05, 0.1) is 34.0 Å². The van der Waals surface area contributed by atoms with Crippen molar-refractivity contribution in [2.24, 2.45) is 0 Å². The summed E-state index contributed by atoms with van der Waals surface area (Å²) in [4.78, 5) is -2.23. The summed E-state index contributed by atoms with van der Waals surface area (Å²) in [7, 11) is 0. The second-order valence-corrected chi connectivity index (χ2v) is 27.4. The number of rotatable bonds is 1. The average molecular weight is 594 g/mol. The lowest BCUT2D eigenvalue weighted by Crippen LogP contribution is -2.22. The van der Waals surface area contributed by atoms with Crippen LogP contribution in [-0.4, -0.2) is 11.8 Å². The Morgan fingerprint density at radius 2 is 1.28 bits per heavy atom. The average Bonchev–Trinajstić information content (AvgIpc) is 2.96. The maximum Gasteiger partial charge on any atom is 0.156 e. The monoisotopic (exact) mass is 594 g/mol. The molecule has 0 saturated heterocycles. The van der Waals surface area contributed by atoms with Gasteiger partial charge in [0, 0.05) is 11.1 Å². The van der Waals surface area contributed by atoms with Gasteiger partial charge in [0.2, 0.25) is 0 Å². The van der Waals surface area contributed by atoms with Crippen molar-refractivity contribution in [3.63, 3.8) is 0 Å². The minimum Gasteiger partial charge on any atom is -0.0618 e. The van der Waals surface area contributed by atoms with Crippen LogP contribution in [0.4, 0.5) is 0 Å². The predicted octanol–water partition coefficient (Wildman–Crippen LogP) is 8.66. The summed E-state index contributed by atoms with van der Waals surface area (Å²) in [5.41, 5.74) is 8.05. The third-order valence-electron chi connectivity index (χ3n) is 6.06. The number of fused-ring (bicyclic) bond motifs is 2. The largest absolute Gasteiger partial charge is 0.156 e. The SMILES string of the molecule is CC(C)(C)[P+]1(I)Cc2ccccc2[C@@H]1C1c2ccccc2C[P+]1(C)I. The van der Waals surface area contributed by atoms with E-state index in [4.69, 9.17) is 0 Å². The van der Waals surface area contributed by atoms with Crippen molar-refractivity contribution in [1.82, 2.24) is 0 Å². The van der Waals surface area contributed by atoms with Gasteiger partial charge in [-0.2, -0.15) is 0 Å². The summed E-state index contributed by atoms with van der Waals surface area (Å²) in [6, 6.07) is 18.7. The third-order valence-corrected chi connectivity index (χ3v) is 23.5. The molecule has 0 aliphatic carbocycles. The maximum atomic E-state index is 2.96. The highest BCUT2D eigenvalue weighted by molar-refractivity contribution is 14.2. The van der Waals surface area contributed by atoms with E-state index >= 15 is 0 Å². The first-order valence-electron chi connectivity index (χ1n) is 8.93. The molecule has 132 valence electrons. The van der Waals surface area contributed by atoms with Gasteiger partial charge in [0.25, 0.3) is 0 Å². The van der Waals surface area contributed by atoms with E-state index in [1.54, 1.807) is 22.3 Å². The Bertz CT molecular complexity index is 825. The Morgan fingerprint density at radius 1 is 0.800 bits per heavy atom. The highest BCUT2D eigenvalue weighted by Gasteiger charge is 2.68. The van der Waals surface area contributed by atoms with E-state index in [0.717, 1.165) is 11.3 Å². The van der Waals surface area contributed by atoms with E-state index in [1.165, 1.54) is 12.3 Å². The third kappa shape index (κ3) is 2.97. The molecule has 4 rings (SSSR count).